The van der Waals surface area contributed by atoms with Gasteiger partial charge < -0.3 is 16.0 Å². The number of benzene rings is 1. The third-order valence-corrected chi connectivity index (χ3v) is 3.40. The molecule has 2 amide bonds. The summed E-state index contributed by atoms with van der Waals surface area (Å²) < 4.78 is 14.3. The Balaban J connectivity index is 1.96. The van der Waals surface area contributed by atoms with Gasteiger partial charge in [0.25, 0.3) is 0 Å². The lowest BCUT2D eigenvalue weighted by atomic mass is 9.99. The van der Waals surface area contributed by atoms with Gasteiger partial charge in [-0.15, -0.1) is 0 Å². The molecule has 0 fully saturated rings. The maximum absolute atomic E-state index is 14.3. The summed E-state index contributed by atoms with van der Waals surface area (Å²) in [5, 5.41) is 8.18. The molecule has 1 aliphatic heterocycles. The predicted molar refractivity (Wildman–Crippen MR) is 78.4 cm³/mol. The number of halogens is 1. The molecule has 1 aliphatic rings. The normalized spacial score (nSPS) is 13.4. The fourth-order valence-electron chi connectivity index (χ4n) is 2.32. The summed E-state index contributed by atoms with van der Waals surface area (Å²) in [5.74, 6) is -0.973. The Labute approximate surface area is 123 Å². The van der Waals surface area contributed by atoms with Gasteiger partial charge in [-0.2, -0.15) is 0 Å². The van der Waals surface area contributed by atoms with Crippen LogP contribution in [-0.2, 0) is 22.6 Å². The topological polar surface area (TPSA) is 70.2 Å². The highest BCUT2D eigenvalue weighted by atomic mass is 19.1. The van der Waals surface area contributed by atoms with Crippen LogP contribution in [0.1, 0.15) is 30.9 Å². The lowest BCUT2D eigenvalue weighted by molar-refractivity contribution is -0.124. The second-order valence-corrected chi connectivity index (χ2v) is 5.07. The van der Waals surface area contributed by atoms with E-state index in [0.29, 0.717) is 24.9 Å². The molecule has 114 valence electrons. The highest BCUT2D eigenvalue weighted by Crippen LogP contribution is 2.24. The summed E-state index contributed by atoms with van der Waals surface area (Å²) >= 11 is 0. The van der Waals surface area contributed by atoms with Crippen molar-refractivity contribution < 1.29 is 14.0 Å². The van der Waals surface area contributed by atoms with Crippen molar-refractivity contribution in [3.05, 3.63) is 29.1 Å². The minimum Gasteiger partial charge on any atom is -0.347 e. The monoisotopic (exact) mass is 293 g/mol. The molecule has 5 nitrogen and oxygen atoms in total. The third kappa shape index (κ3) is 4.01. The first kappa shape index (κ1) is 15.4. The van der Waals surface area contributed by atoms with E-state index in [4.69, 9.17) is 0 Å². The van der Waals surface area contributed by atoms with E-state index in [9.17, 15) is 14.0 Å². The first-order valence-corrected chi connectivity index (χ1v) is 7.19. The van der Waals surface area contributed by atoms with Crippen molar-refractivity contribution in [2.24, 2.45) is 0 Å². The Morgan fingerprint density at radius 1 is 1.33 bits per heavy atom. The number of rotatable bonds is 5. The Morgan fingerprint density at radius 3 is 2.90 bits per heavy atom. The molecule has 0 radical (unpaired) electrons. The molecule has 0 aliphatic carbocycles. The van der Waals surface area contributed by atoms with Gasteiger partial charge in [-0.25, -0.2) is 4.39 Å². The first-order valence-electron chi connectivity index (χ1n) is 7.19. The van der Waals surface area contributed by atoms with Gasteiger partial charge in [0.15, 0.2) is 0 Å². The summed E-state index contributed by atoms with van der Waals surface area (Å²) in [4.78, 5) is 23.0. The predicted octanol–water partition coefficient (Wildman–Crippen LogP) is 1.33. The zero-order valence-corrected chi connectivity index (χ0v) is 12.1. The van der Waals surface area contributed by atoms with Crippen LogP contribution < -0.4 is 16.0 Å². The molecule has 0 bridgehead atoms. The van der Waals surface area contributed by atoms with E-state index in [0.717, 1.165) is 18.5 Å². The van der Waals surface area contributed by atoms with Crippen LogP contribution in [0.25, 0.3) is 0 Å². The van der Waals surface area contributed by atoms with Gasteiger partial charge in [-0.05, 0) is 36.6 Å². The third-order valence-electron chi connectivity index (χ3n) is 3.40. The second-order valence-electron chi connectivity index (χ2n) is 5.07. The molecule has 1 aromatic carbocycles. The van der Waals surface area contributed by atoms with Crippen LogP contribution in [0.15, 0.2) is 12.1 Å². The Kier molecular flexibility index (Phi) is 5.27. The summed E-state index contributed by atoms with van der Waals surface area (Å²) in [5.41, 5.74) is 1.75. The first-order chi connectivity index (χ1) is 10.1. The minimum absolute atomic E-state index is 0.142. The van der Waals surface area contributed by atoms with E-state index in [-0.39, 0.29) is 24.0 Å². The molecule has 2 rings (SSSR count). The van der Waals surface area contributed by atoms with Crippen molar-refractivity contribution in [2.45, 2.75) is 32.7 Å². The van der Waals surface area contributed by atoms with Gasteiger partial charge in [0.1, 0.15) is 5.82 Å². The van der Waals surface area contributed by atoms with Crippen LogP contribution in [0.2, 0.25) is 0 Å². The highest BCUT2D eigenvalue weighted by molar-refractivity contribution is 5.94. The largest absolute Gasteiger partial charge is 0.347 e. The van der Waals surface area contributed by atoms with E-state index in [1.54, 1.807) is 6.07 Å². The van der Waals surface area contributed by atoms with Gasteiger partial charge in [0, 0.05) is 13.0 Å². The number of amides is 2. The zero-order chi connectivity index (χ0) is 15.2. The maximum atomic E-state index is 14.3. The quantitative estimate of drug-likeness (QED) is 0.767. The average molecular weight is 293 g/mol. The van der Waals surface area contributed by atoms with Crippen molar-refractivity contribution >= 4 is 17.5 Å². The smallest absolute Gasteiger partial charge is 0.243 e. The number of nitrogens with one attached hydrogen (secondary N) is 3. The SMILES string of the molecule is CCCC(=O)NCC(=O)Nc1ccc2c(c1F)CCNC2. The fourth-order valence-corrected chi connectivity index (χ4v) is 2.32. The molecule has 6 heteroatoms. The summed E-state index contributed by atoms with van der Waals surface area (Å²) in [6.45, 7) is 3.12. The summed E-state index contributed by atoms with van der Waals surface area (Å²) in [6, 6.07) is 3.38. The number of carbonyl (C=O) groups excluding carboxylic acids is 2. The van der Waals surface area contributed by atoms with E-state index in [1.165, 1.54) is 0 Å². The van der Waals surface area contributed by atoms with E-state index in [1.807, 2.05) is 13.0 Å². The van der Waals surface area contributed by atoms with Crippen LogP contribution in [0.5, 0.6) is 0 Å². The van der Waals surface area contributed by atoms with Crippen molar-refractivity contribution in [2.75, 3.05) is 18.4 Å². The molecule has 0 unspecified atom stereocenters. The molecule has 0 saturated carbocycles. The molecule has 1 aromatic rings. The molecule has 0 spiro atoms. The number of hydrogen-bond donors (Lipinski definition) is 3. The van der Waals surface area contributed by atoms with Crippen LogP contribution in [-0.4, -0.2) is 24.9 Å². The van der Waals surface area contributed by atoms with E-state index >= 15 is 0 Å². The van der Waals surface area contributed by atoms with Crippen molar-refractivity contribution in [3.63, 3.8) is 0 Å². The van der Waals surface area contributed by atoms with Gasteiger partial charge in [-0.3, -0.25) is 9.59 Å². The van der Waals surface area contributed by atoms with Crippen molar-refractivity contribution in [1.82, 2.24) is 10.6 Å². The number of carbonyl (C=O) groups is 2. The van der Waals surface area contributed by atoms with Gasteiger partial charge in [0.05, 0.1) is 12.2 Å². The maximum Gasteiger partial charge on any atom is 0.243 e. The number of fused-ring (bicyclic) bond motifs is 1. The molecule has 0 atom stereocenters. The Hall–Kier alpha value is -1.95. The van der Waals surface area contributed by atoms with Crippen molar-refractivity contribution in [1.29, 1.82) is 0 Å². The molecular weight excluding hydrogens is 273 g/mol. The van der Waals surface area contributed by atoms with Gasteiger partial charge in [0.2, 0.25) is 11.8 Å². The van der Waals surface area contributed by atoms with Gasteiger partial charge in [-0.1, -0.05) is 13.0 Å². The number of hydrogen-bond acceptors (Lipinski definition) is 3. The average Bonchev–Trinajstić information content (AvgIpc) is 2.49. The van der Waals surface area contributed by atoms with E-state index in [2.05, 4.69) is 16.0 Å². The fraction of sp³-hybridized carbons (Fsp3) is 0.467. The van der Waals surface area contributed by atoms with E-state index < -0.39 is 5.91 Å². The zero-order valence-electron chi connectivity index (χ0n) is 12.1. The van der Waals surface area contributed by atoms with Crippen molar-refractivity contribution in [3.8, 4) is 0 Å². The Morgan fingerprint density at radius 2 is 2.14 bits per heavy atom. The highest BCUT2D eigenvalue weighted by Gasteiger charge is 2.17. The summed E-state index contributed by atoms with van der Waals surface area (Å²) in [7, 11) is 0. The Bertz CT molecular complexity index is 546. The number of anilines is 1. The molecule has 1 heterocycles. The lowest BCUT2D eigenvalue weighted by Crippen LogP contribution is -2.33. The molecule has 0 saturated heterocycles. The van der Waals surface area contributed by atoms with Gasteiger partial charge >= 0.3 is 0 Å². The molecular formula is C15H20FN3O2. The van der Waals surface area contributed by atoms with Crippen LogP contribution in [0.4, 0.5) is 10.1 Å². The van der Waals surface area contributed by atoms with Crippen LogP contribution in [0, 0.1) is 5.82 Å². The second kappa shape index (κ2) is 7.17. The minimum atomic E-state index is -0.424. The standard InChI is InChI=1S/C15H20FN3O2/c1-2-3-13(20)18-9-14(21)19-12-5-4-10-8-17-7-6-11(10)15(12)16/h4-5,17H,2-3,6-9H2,1H3,(H,18,20)(H,19,21). The molecule has 3 N–H and O–H groups in total. The molecule has 0 aromatic heterocycles. The summed E-state index contributed by atoms with van der Waals surface area (Å²) in [6.07, 6.45) is 1.71. The molecule has 21 heavy (non-hydrogen) atoms. The van der Waals surface area contributed by atoms with Crippen LogP contribution in [0.3, 0.4) is 0 Å². The lowest BCUT2D eigenvalue weighted by Gasteiger charge is -2.19. The van der Waals surface area contributed by atoms with Crippen LogP contribution >= 0.6 is 0 Å².